The minimum absolute atomic E-state index is 0.0267. The third-order valence-electron chi connectivity index (χ3n) is 7.01. The Morgan fingerprint density at radius 2 is 1.47 bits per heavy atom. The molecule has 0 spiro atoms. The van der Waals surface area contributed by atoms with E-state index in [9.17, 15) is 9.59 Å². The van der Waals surface area contributed by atoms with Crippen LogP contribution in [0.1, 0.15) is 86.2 Å². The average Bonchev–Trinajstić information content (AvgIpc) is 3.30. The fourth-order valence-corrected chi connectivity index (χ4v) is 5.47. The summed E-state index contributed by atoms with van der Waals surface area (Å²) < 4.78 is 0. The SMILES string of the molecule is CCC(C)N(CC(=O)N(Cc1ccccc1)Cc1ccc(C)s1)C(=O)Nc1c(C(C)C)cccc1C(C)C. The normalized spacial score (nSPS) is 12.0. The van der Waals surface area contributed by atoms with Crippen LogP contribution in [0.2, 0.25) is 0 Å². The number of rotatable bonds is 11. The van der Waals surface area contributed by atoms with Crippen molar-refractivity contribution in [3.8, 4) is 0 Å². The van der Waals surface area contributed by atoms with Crippen LogP contribution in [0.25, 0.3) is 0 Å². The molecule has 0 aliphatic heterocycles. The van der Waals surface area contributed by atoms with Gasteiger partial charge in [-0.2, -0.15) is 0 Å². The van der Waals surface area contributed by atoms with Crippen LogP contribution in [0.15, 0.2) is 60.7 Å². The minimum atomic E-state index is -0.227. The van der Waals surface area contributed by atoms with Gasteiger partial charge in [0, 0.05) is 28.0 Å². The van der Waals surface area contributed by atoms with Crippen molar-refractivity contribution in [3.05, 3.63) is 87.1 Å². The topological polar surface area (TPSA) is 52.7 Å². The number of amides is 3. The molecule has 0 saturated heterocycles. The van der Waals surface area contributed by atoms with Gasteiger partial charge >= 0.3 is 6.03 Å². The van der Waals surface area contributed by atoms with E-state index in [1.807, 2.05) is 49.1 Å². The van der Waals surface area contributed by atoms with Crippen LogP contribution in [0.3, 0.4) is 0 Å². The van der Waals surface area contributed by atoms with Crippen molar-refractivity contribution >= 4 is 29.0 Å². The van der Waals surface area contributed by atoms with Crippen LogP contribution in [0.5, 0.6) is 0 Å². The summed E-state index contributed by atoms with van der Waals surface area (Å²) >= 11 is 1.70. The van der Waals surface area contributed by atoms with Crippen LogP contribution in [0.4, 0.5) is 10.5 Å². The summed E-state index contributed by atoms with van der Waals surface area (Å²) in [5, 5.41) is 3.22. The molecule has 0 radical (unpaired) electrons. The molecule has 2 aromatic carbocycles. The standard InChI is InChI=1S/C32H43N3O2S/c1-8-24(6)35(32(37)33-31-28(22(2)3)15-12-16-29(31)23(4)5)21-30(36)34(19-26-13-10-9-11-14-26)20-27-18-17-25(7)38-27/h9-18,22-24H,8,19-21H2,1-7H3,(H,33,37). The minimum Gasteiger partial charge on any atom is -0.332 e. The summed E-state index contributed by atoms with van der Waals surface area (Å²) in [5.74, 6) is 0.466. The maximum atomic E-state index is 13.8. The zero-order chi connectivity index (χ0) is 27.8. The van der Waals surface area contributed by atoms with Crippen LogP contribution in [0, 0.1) is 6.92 Å². The lowest BCUT2D eigenvalue weighted by Crippen LogP contribution is -2.48. The van der Waals surface area contributed by atoms with E-state index >= 15 is 0 Å². The van der Waals surface area contributed by atoms with Crippen LogP contribution in [-0.4, -0.2) is 34.3 Å². The van der Waals surface area contributed by atoms with Gasteiger partial charge in [0.15, 0.2) is 0 Å². The highest BCUT2D eigenvalue weighted by atomic mass is 32.1. The van der Waals surface area contributed by atoms with E-state index in [1.165, 1.54) is 4.88 Å². The highest BCUT2D eigenvalue weighted by molar-refractivity contribution is 7.11. The third-order valence-corrected chi connectivity index (χ3v) is 7.99. The van der Waals surface area contributed by atoms with Crippen molar-refractivity contribution in [1.82, 2.24) is 9.80 Å². The predicted octanol–water partition coefficient (Wildman–Crippen LogP) is 8.16. The lowest BCUT2D eigenvalue weighted by molar-refractivity contribution is -0.133. The van der Waals surface area contributed by atoms with Crippen molar-refractivity contribution in [2.75, 3.05) is 11.9 Å². The van der Waals surface area contributed by atoms with E-state index in [-0.39, 0.29) is 36.4 Å². The van der Waals surface area contributed by atoms with Gasteiger partial charge in [0.25, 0.3) is 0 Å². The van der Waals surface area contributed by atoms with Gasteiger partial charge in [-0.3, -0.25) is 4.79 Å². The molecular weight excluding hydrogens is 490 g/mol. The lowest BCUT2D eigenvalue weighted by Gasteiger charge is -2.32. The quantitative estimate of drug-likeness (QED) is 0.270. The van der Waals surface area contributed by atoms with Crippen molar-refractivity contribution in [1.29, 1.82) is 0 Å². The predicted molar refractivity (Wildman–Crippen MR) is 160 cm³/mol. The Balaban J connectivity index is 1.88. The number of hydrogen-bond donors (Lipinski definition) is 1. The number of para-hydroxylation sites is 1. The number of anilines is 1. The molecule has 1 N–H and O–H groups in total. The van der Waals surface area contributed by atoms with Gasteiger partial charge in [-0.05, 0) is 60.9 Å². The van der Waals surface area contributed by atoms with Crippen molar-refractivity contribution in [3.63, 3.8) is 0 Å². The first kappa shape index (κ1) is 29.4. The smallest absolute Gasteiger partial charge is 0.322 e. The van der Waals surface area contributed by atoms with Gasteiger partial charge in [-0.25, -0.2) is 4.79 Å². The second-order valence-corrected chi connectivity index (χ2v) is 12.1. The van der Waals surface area contributed by atoms with E-state index in [4.69, 9.17) is 0 Å². The average molecular weight is 534 g/mol. The lowest BCUT2D eigenvalue weighted by atomic mass is 9.92. The summed E-state index contributed by atoms with van der Waals surface area (Å²) in [6.07, 6.45) is 0.756. The first-order valence-electron chi connectivity index (χ1n) is 13.7. The molecule has 1 aromatic heterocycles. The first-order valence-corrected chi connectivity index (χ1v) is 14.5. The molecule has 0 saturated carbocycles. The number of hydrogen-bond acceptors (Lipinski definition) is 3. The van der Waals surface area contributed by atoms with E-state index in [0.717, 1.165) is 33.7 Å². The number of carbonyl (C=O) groups excluding carboxylic acids is 2. The monoisotopic (exact) mass is 533 g/mol. The number of nitrogens with zero attached hydrogens (tertiary/aromatic N) is 2. The number of carbonyl (C=O) groups is 2. The van der Waals surface area contributed by atoms with Gasteiger partial charge in [-0.15, -0.1) is 11.3 Å². The van der Waals surface area contributed by atoms with Crippen LogP contribution in [-0.2, 0) is 17.9 Å². The molecule has 204 valence electrons. The largest absolute Gasteiger partial charge is 0.332 e. The van der Waals surface area contributed by atoms with E-state index in [0.29, 0.717) is 13.1 Å². The molecule has 3 aromatic rings. The summed E-state index contributed by atoms with van der Waals surface area (Å²) in [6, 6.07) is 20.1. The number of thiophene rings is 1. The molecule has 3 amide bonds. The molecule has 1 atom stereocenters. The number of aryl methyl sites for hydroxylation is 1. The summed E-state index contributed by atoms with van der Waals surface area (Å²) in [5.41, 5.74) is 4.16. The number of urea groups is 1. The number of nitrogens with one attached hydrogen (secondary N) is 1. The van der Waals surface area contributed by atoms with Crippen molar-refractivity contribution < 1.29 is 9.59 Å². The molecule has 0 fully saturated rings. The Labute approximate surface area is 232 Å². The molecule has 0 aliphatic carbocycles. The fourth-order valence-electron chi connectivity index (χ4n) is 4.56. The zero-order valence-electron chi connectivity index (χ0n) is 24.0. The maximum Gasteiger partial charge on any atom is 0.322 e. The first-order chi connectivity index (χ1) is 18.1. The number of benzene rings is 2. The Bertz CT molecular complexity index is 1180. The summed E-state index contributed by atoms with van der Waals surface area (Å²) in [7, 11) is 0. The molecule has 5 nitrogen and oxygen atoms in total. The maximum absolute atomic E-state index is 13.8. The highest BCUT2D eigenvalue weighted by Crippen LogP contribution is 2.33. The molecule has 1 heterocycles. The van der Waals surface area contributed by atoms with Gasteiger partial charge in [0.05, 0.1) is 6.54 Å². The Kier molecular flexibility index (Phi) is 10.5. The molecule has 6 heteroatoms. The van der Waals surface area contributed by atoms with Crippen LogP contribution >= 0.6 is 11.3 Å². The van der Waals surface area contributed by atoms with E-state index < -0.39 is 0 Å². The van der Waals surface area contributed by atoms with E-state index in [1.54, 1.807) is 16.2 Å². The molecular formula is C32H43N3O2S. The molecule has 38 heavy (non-hydrogen) atoms. The zero-order valence-corrected chi connectivity index (χ0v) is 24.8. The summed E-state index contributed by atoms with van der Waals surface area (Å²) in [6.45, 7) is 15.7. The van der Waals surface area contributed by atoms with Gasteiger partial charge in [0.2, 0.25) is 5.91 Å². The Hall–Kier alpha value is -3.12. The molecule has 0 aliphatic rings. The second-order valence-electron chi connectivity index (χ2n) is 10.7. The molecule has 3 rings (SSSR count). The van der Waals surface area contributed by atoms with Gasteiger partial charge < -0.3 is 15.1 Å². The van der Waals surface area contributed by atoms with Crippen molar-refractivity contribution in [2.24, 2.45) is 0 Å². The fraction of sp³-hybridized carbons (Fsp3) is 0.438. The Morgan fingerprint density at radius 1 is 0.842 bits per heavy atom. The Morgan fingerprint density at radius 3 is 2.00 bits per heavy atom. The highest BCUT2D eigenvalue weighted by Gasteiger charge is 2.27. The summed E-state index contributed by atoms with van der Waals surface area (Å²) in [4.78, 5) is 33.5. The molecule has 0 bridgehead atoms. The third kappa shape index (κ3) is 7.70. The van der Waals surface area contributed by atoms with E-state index in [2.05, 4.69) is 70.3 Å². The van der Waals surface area contributed by atoms with Crippen LogP contribution < -0.4 is 5.32 Å². The molecule has 1 unspecified atom stereocenters. The van der Waals surface area contributed by atoms with Crippen molar-refractivity contribution in [2.45, 2.75) is 85.9 Å². The van der Waals surface area contributed by atoms with Gasteiger partial charge in [0.1, 0.15) is 6.54 Å². The van der Waals surface area contributed by atoms with Gasteiger partial charge in [-0.1, -0.05) is 83.1 Å². The second kappa shape index (κ2) is 13.6.